The third-order valence-electron chi connectivity index (χ3n) is 4.89. The molecule has 0 atom stereocenters. The summed E-state index contributed by atoms with van der Waals surface area (Å²) in [5, 5.41) is 11.9. The van der Waals surface area contributed by atoms with Gasteiger partial charge in [-0.25, -0.2) is 9.18 Å². The summed E-state index contributed by atoms with van der Waals surface area (Å²) in [7, 11) is 0. The number of para-hydroxylation sites is 1. The fourth-order valence-electron chi connectivity index (χ4n) is 3.35. The topological polar surface area (TPSA) is 84.1 Å². The first-order valence-electron chi connectivity index (χ1n) is 9.99. The average molecular weight is 431 g/mol. The zero-order valence-corrected chi connectivity index (χ0v) is 18.0. The van der Waals surface area contributed by atoms with Crippen molar-refractivity contribution in [2.45, 2.75) is 20.8 Å². The lowest BCUT2D eigenvalue weighted by molar-refractivity contribution is -0.112. The van der Waals surface area contributed by atoms with Crippen molar-refractivity contribution >= 4 is 23.6 Å². The maximum atomic E-state index is 13.8. The van der Waals surface area contributed by atoms with E-state index in [1.165, 1.54) is 24.3 Å². The summed E-state index contributed by atoms with van der Waals surface area (Å²) in [4.78, 5) is 24.4. The lowest BCUT2D eigenvalue weighted by Gasteiger charge is -2.10. The highest BCUT2D eigenvalue weighted by atomic mass is 19.1. The number of amides is 1. The summed E-state index contributed by atoms with van der Waals surface area (Å²) < 4.78 is 20.8. The maximum absolute atomic E-state index is 13.8. The number of nitrogens with zero attached hydrogens (tertiary/aromatic N) is 2. The van der Waals surface area contributed by atoms with E-state index in [9.17, 15) is 19.2 Å². The lowest BCUT2D eigenvalue weighted by atomic mass is 10.1. The molecule has 0 spiro atoms. The summed E-state index contributed by atoms with van der Waals surface area (Å²) in [5.41, 5.74) is 3.49. The summed E-state index contributed by atoms with van der Waals surface area (Å²) >= 11 is 0. The molecule has 1 N–H and O–H groups in total. The number of aryl methyl sites for hydroxylation is 1. The molecular formula is C25H22FN3O3. The van der Waals surface area contributed by atoms with Crippen LogP contribution in [-0.2, 0) is 9.53 Å². The Morgan fingerprint density at radius 3 is 2.47 bits per heavy atom. The second-order valence-electron chi connectivity index (χ2n) is 7.03. The van der Waals surface area contributed by atoms with Crippen LogP contribution in [0.25, 0.3) is 11.8 Å². The smallest absolute Gasteiger partial charge is 0.338 e. The van der Waals surface area contributed by atoms with Crippen LogP contribution < -0.4 is 5.32 Å². The molecule has 1 aromatic heterocycles. The van der Waals surface area contributed by atoms with Crippen molar-refractivity contribution in [1.29, 1.82) is 5.26 Å². The lowest BCUT2D eigenvalue weighted by Crippen LogP contribution is -2.14. The van der Waals surface area contributed by atoms with Crippen LogP contribution >= 0.6 is 0 Å². The molecule has 0 saturated heterocycles. The number of anilines is 1. The predicted molar refractivity (Wildman–Crippen MR) is 120 cm³/mol. The maximum Gasteiger partial charge on any atom is 0.338 e. The van der Waals surface area contributed by atoms with E-state index in [-0.39, 0.29) is 17.2 Å². The average Bonchev–Trinajstić information content (AvgIpc) is 3.06. The van der Waals surface area contributed by atoms with Gasteiger partial charge in [0.25, 0.3) is 5.91 Å². The molecule has 3 aromatic rings. The van der Waals surface area contributed by atoms with Gasteiger partial charge in [0.15, 0.2) is 0 Å². The third-order valence-corrected chi connectivity index (χ3v) is 4.89. The second kappa shape index (κ2) is 9.75. The largest absolute Gasteiger partial charge is 0.462 e. The Kier molecular flexibility index (Phi) is 6.86. The van der Waals surface area contributed by atoms with E-state index >= 15 is 0 Å². The van der Waals surface area contributed by atoms with Gasteiger partial charge in [-0.15, -0.1) is 0 Å². The highest BCUT2D eigenvalue weighted by Gasteiger charge is 2.15. The molecule has 3 rings (SSSR count). The minimum Gasteiger partial charge on any atom is -0.462 e. The Morgan fingerprint density at radius 1 is 1.16 bits per heavy atom. The minimum atomic E-state index is -0.693. The number of benzene rings is 2. The third kappa shape index (κ3) is 4.76. The normalized spacial score (nSPS) is 11.0. The fourth-order valence-corrected chi connectivity index (χ4v) is 3.35. The van der Waals surface area contributed by atoms with Crippen molar-refractivity contribution in [3.63, 3.8) is 0 Å². The van der Waals surface area contributed by atoms with Gasteiger partial charge in [0, 0.05) is 17.1 Å². The van der Waals surface area contributed by atoms with Gasteiger partial charge >= 0.3 is 5.97 Å². The van der Waals surface area contributed by atoms with Crippen LogP contribution in [0.15, 0.2) is 60.2 Å². The van der Waals surface area contributed by atoms with E-state index < -0.39 is 11.7 Å². The Balaban J connectivity index is 1.90. The molecular weight excluding hydrogens is 409 g/mol. The number of hydrogen-bond donors (Lipinski definition) is 1. The number of aromatic nitrogens is 1. The van der Waals surface area contributed by atoms with E-state index in [0.717, 1.165) is 17.1 Å². The molecule has 1 amide bonds. The number of nitrogens with one attached hydrogen (secondary N) is 1. The predicted octanol–water partition coefficient (Wildman–Crippen LogP) is 4.96. The quantitative estimate of drug-likeness (QED) is 0.340. The van der Waals surface area contributed by atoms with Crippen LogP contribution in [0.5, 0.6) is 0 Å². The van der Waals surface area contributed by atoms with Crippen LogP contribution in [0.4, 0.5) is 10.1 Å². The molecule has 0 aliphatic carbocycles. The van der Waals surface area contributed by atoms with Gasteiger partial charge in [0.1, 0.15) is 17.5 Å². The summed E-state index contributed by atoms with van der Waals surface area (Å²) in [6.07, 6.45) is 1.47. The first kappa shape index (κ1) is 22.5. The number of ether oxygens (including phenoxy) is 1. The SMILES string of the molecule is CCOC(=O)c1ccc(-n2c(C)cc(/C=C(\C#N)C(=O)Nc3ccccc3F)c2C)cc1. The Bertz CT molecular complexity index is 1230. The van der Waals surface area contributed by atoms with Crippen molar-refractivity contribution in [3.05, 3.63) is 88.5 Å². The number of carbonyl (C=O) groups excluding carboxylic acids is 2. The van der Waals surface area contributed by atoms with E-state index in [1.54, 1.807) is 37.3 Å². The van der Waals surface area contributed by atoms with Gasteiger partial charge < -0.3 is 14.6 Å². The van der Waals surface area contributed by atoms with Gasteiger partial charge in [-0.1, -0.05) is 12.1 Å². The molecule has 162 valence electrons. The number of rotatable bonds is 6. The van der Waals surface area contributed by atoms with Crippen molar-refractivity contribution in [1.82, 2.24) is 4.57 Å². The molecule has 6 nitrogen and oxygen atoms in total. The number of hydrogen-bond acceptors (Lipinski definition) is 4. The van der Waals surface area contributed by atoms with Gasteiger partial charge in [0.2, 0.25) is 0 Å². The van der Waals surface area contributed by atoms with Crippen molar-refractivity contribution in [2.75, 3.05) is 11.9 Å². The number of nitriles is 1. The molecule has 0 aliphatic heterocycles. The molecule has 1 heterocycles. The molecule has 0 unspecified atom stereocenters. The van der Waals surface area contributed by atoms with Crippen molar-refractivity contribution in [2.24, 2.45) is 0 Å². The highest BCUT2D eigenvalue weighted by molar-refractivity contribution is 6.09. The van der Waals surface area contributed by atoms with Crippen LogP contribution in [0, 0.1) is 31.0 Å². The van der Waals surface area contributed by atoms with Gasteiger partial charge in [-0.05, 0) is 74.9 Å². The molecule has 32 heavy (non-hydrogen) atoms. The van der Waals surface area contributed by atoms with E-state index in [1.807, 2.05) is 30.6 Å². The Morgan fingerprint density at radius 2 is 1.84 bits per heavy atom. The highest BCUT2D eigenvalue weighted by Crippen LogP contribution is 2.24. The van der Waals surface area contributed by atoms with Crippen molar-refractivity contribution in [3.8, 4) is 11.8 Å². The van der Waals surface area contributed by atoms with Gasteiger partial charge in [0.05, 0.1) is 17.9 Å². The zero-order valence-electron chi connectivity index (χ0n) is 18.0. The van der Waals surface area contributed by atoms with Crippen LogP contribution in [0.3, 0.4) is 0 Å². The monoisotopic (exact) mass is 431 g/mol. The fraction of sp³-hybridized carbons (Fsp3) is 0.160. The van der Waals surface area contributed by atoms with E-state index in [0.29, 0.717) is 17.7 Å². The van der Waals surface area contributed by atoms with E-state index in [4.69, 9.17) is 4.74 Å². The Labute approximate surface area is 185 Å². The van der Waals surface area contributed by atoms with Gasteiger partial charge in [-0.2, -0.15) is 5.26 Å². The second-order valence-corrected chi connectivity index (χ2v) is 7.03. The molecule has 0 radical (unpaired) electrons. The van der Waals surface area contributed by atoms with E-state index in [2.05, 4.69) is 5.32 Å². The molecule has 2 aromatic carbocycles. The van der Waals surface area contributed by atoms with Gasteiger partial charge in [-0.3, -0.25) is 4.79 Å². The summed E-state index contributed by atoms with van der Waals surface area (Å²) in [6, 6.07) is 16.5. The number of esters is 1. The molecule has 0 bridgehead atoms. The zero-order chi connectivity index (χ0) is 23.3. The first-order valence-corrected chi connectivity index (χ1v) is 9.99. The van der Waals surface area contributed by atoms with Crippen LogP contribution in [-0.4, -0.2) is 23.1 Å². The molecule has 7 heteroatoms. The number of carbonyl (C=O) groups is 2. The first-order chi connectivity index (χ1) is 15.3. The Hall–Kier alpha value is -4.18. The minimum absolute atomic E-state index is 0.00538. The summed E-state index contributed by atoms with van der Waals surface area (Å²) in [5.74, 6) is -1.66. The molecule has 0 saturated carbocycles. The van der Waals surface area contributed by atoms with Crippen LogP contribution in [0.1, 0.15) is 34.2 Å². The van der Waals surface area contributed by atoms with Crippen molar-refractivity contribution < 1.29 is 18.7 Å². The number of halogens is 1. The molecule has 0 fully saturated rings. The standard InChI is InChI=1S/C25H22FN3O3/c1-4-32-25(31)18-9-11-21(12-10-18)29-16(2)13-19(17(29)3)14-20(15-27)24(30)28-23-8-6-5-7-22(23)26/h5-14H,4H2,1-3H3,(H,28,30)/b20-14+. The molecule has 0 aliphatic rings. The van der Waals surface area contributed by atoms with Crippen LogP contribution in [0.2, 0.25) is 0 Å². The summed E-state index contributed by atoms with van der Waals surface area (Å²) in [6.45, 7) is 5.81.